The average molecular weight is 406 g/mol. The second-order valence-electron chi connectivity index (χ2n) is 6.43. The Bertz CT molecular complexity index is 976. The Morgan fingerprint density at radius 2 is 2.11 bits per heavy atom. The molecule has 0 radical (unpaired) electrons. The summed E-state index contributed by atoms with van der Waals surface area (Å²) in [6.45, 7) is 7.86. The zero-order valence-corrected chi connectivity index (χ0v) is 17.5. The quantitative estimate of drug-likeness (QED) is 0.523. The predicted octanol–water partition coefficient (Wildman–Crippen LogP) is 5.06. The van der Waals surface area contributed by atoms with Crippen LogP contribution in [-0.4, -0.2) is 34.3 Å². The summed E-state index contributed by atoms with van der Waals surface area (Å²) in [5.41, 5.74) is 1.55. The molecule has 0 bridgehead atoms. The van der Waals surface area contributed by atoms with Crippen molar-refractivity contribution in [3.8, 4) is 5.75 Å². The van der Waals surface area contributed by atoms with Gasteiger partial charge >= 0.3 is 0 Å². The van der Waals surface area contributed by atoms with Gasteiger partial charge in [-0.3, -0.25) is 4.57 Å². The van der Waals surface area contributed by atoms with E-state index in [-0.39, 0.29) is 6.10 Å². The van der Waals surface area contributed by atoms with Gasteiger partial charge in [-0.05, 0) is 39.0 Å². The highest BCUT2D eigenvalue weighted by Crippen LogP contribution is 2.46. The van der Waals surface area contributed by atoms with E-state index in [0.29, 0.717) is 23.7 Å². The van der Waals surface area contributed by atoms with Gasteiger partial charge in [0.25, 0.3) is 0 Å². The van der Waals surface area contributed by atoms with E-state index in [4.69, 9.17) is 9.26 Å². The standard InChI is InChI=1S/C18H23N4O3PS/c1-5-24-26(4,23)9-13-10-27-18(21-13)22-17-15-8-14(25-12(2)3)6-7-16(15)19-11-20-17/h6-8,10-12H,5,9H2,1-4H3,(H,19,20,21,22). The number of aromatic nitrogens is 3. The maximum Gasteiger partial charge on any atom is 0.206 e. The molecule has 0 saturated heterocycles. The average Bonchev–Trinajstić information content (AvgIpc) is 3.01. The third-order valence-electron chi connectivity index (χ3n) is 3.61. The minimum atomic E-state index is -2.67. The fourth-order valence-corrected chi connectivity index (χ4v) is 4.85. The summed E-state index contributed by atoms with van der Waals surface area (Å²) in [5, 5.41) is 6.65. The summed E-state index contributed by atoms with van der Waals surface area (Å²) < 4.78 is 23.4. The van der Waals surface area contributed by atoms with Crippen LogP contribution < -0.4 is 10.1 Å². The van der Waals surface area contributed by atoms with Gasteiger partial charge in [-0.15, -0.1) is 11.3 Å². The molecule has 144 valence electrons. The van der Waals surface area contributed by atoms with Crippen molar-refractivity contribution in [3.63, 3.8) is 0 Å². The van der Waals surface area contributed by atoms with Gasteiger partial charge in [0.2, 0.25) is 7.37 Å². The van der Waals surface area contributed by atoms with Gasteiger partial charge in [-0.25, -0.2) is 15.0 Å². The highest BCUT2D eigenvalue weighted by molar-refractivity contribution is 7.57. The molecule has 1 unspecified atom stereocenters. The zero-order chi connectivity index (χ0) is 19.4. The molecule has 2 heterocycles. The minimum absolute atomic E-state index is 0.0834. The molecule has 2 aromatic heterocycles. The van der Waals surface area contributed by atoms with E-state index in [9.17, 15) is 4.57 Å². The molecule has 0 amide bonds. The Balaban J connectivity index is 1.83. The van der Waals surface area contributed by atoms with Crippen LogP contribution in [0, 0.1) is 0 Å². The van der Waals surface area contributed by atoms with E-state index in [2.05, 4.69) is 20.3 Å². The monoisotopic (exact) mass is 406 g/mol. The molecule has 3 rings (SSSR count). The molecule has 0 saturated carbocycles. The molecule has 0 spiro atoms. The molecule has 27 heavy (non-hydrogen) atoms. The van der Waals surface area contributed by atoms with Crippen LogP contribution in [0.5, 0.6) is 5.75 Å². The van der Waals surface area contributed by atoms with Crippen molar-refractivity contribution in [1.29, 1.82) is 0 Å². The van der Waals surface area contributed by atoms with Gasteiger partial charge in [0.1, 0.15) is 17.9 Å². The van der Waals surface area contributed by atoms with Gasteiger partial charge in [0, 0.05) is 17.4 Å². The highest BCUT2D eigenvalue weighted by atomic mass is 32.1. The number of rotatable bonds is 8. The molecule has 0 fully saturated rings. The fourth-order valence-electron chi connectivity index (χ4n) is 2.63. The smallest absolute Gasteiger partial charge is 0.206 e. The number of nitrogens with one attached hydrogen (secondary N) is 1. The summed E-state index contributed by atoms with van der Waals surface area (Å²) in [6.07, 6.45) is 1.91. The number of thiazole rings is 1. The largest absolute Gasteiger partial charge is 0.491 e. The van der Waals surface area contributed by atoms with E-state index in [1.54, 1.807) is 6.66 Å². The summed E-state index contributed by atoms with van der Waals surface area (Å²) >= 11 is 1.44. The number of ether oxygens (including phenoxy) is 1. The molecule has 1 atom stereocenters. The number of hydrogen-bond acceptors (Lipinski definition) is 8. The molecule has 7 nitrogen and oxygen atoms in total. The third-order valence-corrected chi connectivity index (χ3v) is 6.12. The predicted molar refractivity (Wildman–Crippen MR) is 110 cm³/mol. The van der Waals surface area contributed by atoms with Gasteiger partial charge in [0.05, 0.1) is 30.1 Å². The van der Waals surface area contributed by atoms with Crippen LogP contribution in [0.1, 0.15) is 26.5 Å². The van der Waals surface area contributed by atoms with E-state index < -0.39 is 7.37 Å². The van der Waals surface area contributed by atoms with Crippen molar-refractivity contribution in [3.05, 3.63) is 35.6 Å². The molecule has 0 aliphatic rings. The first-order valence-corrected chi connectivity index (χ1v) is 11.8. The van der Waals surface area contributed by atoms with Crippen LogP contribution in [0.25, 0.3) is 10.9 Å². The van der Waals surface area contributed by atoms with Crippen LogP contribution in [0.3, 0.4) is 0 Å². The van der Waals surface area contributed by atoms with Crippen LogP contribution in [0.15, 0.2) is 29.9 Å². The number of anilines is 2. The lowest BCUT2D eigenvalue weighted by Gasteiger charge is -2.11. The number of nitrogens with zero attached hydrogens (tertiary/aromatic N) is 3. The first kappa shape index (κ1) is 19.7. The zero-order valence-electron chi connectivity index (χ0n) is 15.8. The highest BCUT2D eigenvalue weighted by Gasteiger charge is 2.18. The fraction of sp³-hybridized carbons (Fsp3) is 0.389. The second kappa shape index (κ2) is 8.33. The van der Waals surface area contributed by atoms with Gasteiger partial charge in [-0.1, -0.05) is 0 Å². The van der Waals surface area contributed by atoms with Crippen LogP contribution in [0.2, 0.25) is 0 Å². The number of benzene rings is 1. The molecule has 1 aromatic carbocycles. The van der Waals surface area contributed by atoms with Gasteiger partial charge < -0.3 is 14.6 Å². The van der Waals surface area contributed by atoms with Crippen molar-refractivity contribution in [2.45, 2.75) is 33.0 Å². The molecular formula is C18H23N4O3PS. The number of fused-ring (bicyclic) bond motifs is 1. The molecule has 0 aliphatic carbocycles. The van der Waals surface area contributed by atoms with Crippen LogP contribution in [-0.2, 0) is 15.3 Å². The Hall–Kier alpha value is -2.02. The van der Waals surface area contributed by atoms with E-state index >= 15 is 0 Å². The van der Waals surface area contributed by atoms with Crippen molar-refractivity contribution in [1.82, 2.24) is 15.0 Å². The Labute approximate surface area is 162 Å². The van der Waals surface area contributed by atoms with Crippen LogP contribution >= 0.6 is 18.7 Å². The van der Waals surface area contributed by atoms with Gasteiger partial charge in [0.15, 0.2) is 5.13 Å². The lowest BCUT2D eigenvalue weighted by molar-refractivity contribution is 0.243. The second-order valence-corrected chi connectivity index (χ2v) is 9.89. The minimum Gasteiger partial charge on any atom is -0.491 e. The van der Waals surface area contributed by atoms with Crippen LogP contribution in [0.4, 0.5) is 10.9 Å². The molecule has 3 aromatic rings. The maximum absolute atomic E-state index is 12.3. The normalized spacial score (nSPS) is 13.7. The molecule has 9 heteroatoms. The van der Waals surface area contributed by atoms with Gasteiger partial charge in [-0.2, -0.15) is 0 Å². The van der Waals surface area contributed by atoms with E-state index in [0.717, 1.165) is 22.3 Å². The lowest BCUT2D eigenvalue weighted by atomic mass is 10.2. The van der Waals surface area contributed by atoms with Crippen molar-refractivity contribution < 1.29 is 13.8 Å². The SMILES string of the molecule is CCOP(C)(=O)Cc1csc(Nc2ncnc3ccc(OC(C)C)cc23)n1. The van der Waals surface area contributed by atoms with E-state index in [1.165, 1.54) is 17.7 Å². The summed E-state index contributed by atoms with van der Waals surface area (Å²) in [7, 11) is -2.67. The topological polar surface area (TPSA) is 86.2 Å². The molecule has 0 aliphatic heterocycles. The lowest BCUT2D eigenvalue weighted by Crippen LogP contribution is -2.05. The van der Waals surface area contributed by atoms with Crippen molar-refractivity contribution >= 4 is 40.6 Å². The summed E-state index contributed by atoms with van der Waals surface area (Å²) in [4.78, 5) is 13.2. The Morgan fingerprint density at radius 1 is 1.30 bits per heavy atom. The van der Waals surface area contributed by atoms with E-state index in [1.807, 2.05) is 44.4 Å². The maximum atomic E-state index is 12.3. The Morgan fingerprint density at radius 3 is 2.85 bits per heavy atom. The summed E-state index contributed by atoms with van der Waals surface area (Å²) in [5.74, 6) is 1.42. The Kier molecular flexibility index (Phi) is 6.09. The first-order chi connectivity index (χ1) is 12.9. The molecule has 1 N–H and O–H groups in total. The third kappa shape index (κ3) is 5.25. The van der Waals surface area contributed by atoms with Crippen molar-refractivity contribution in [2.24, 2.45) is 0 Å². The summed E-state index contributed by atoms with van der Waals surface area (Å²) in [6, 6.07) is 5.72. The number of hydrogen-bond donors (Lipinski definition) is 1. The molecular weight excluding hydrogens is 383 g/mol. The van der Waals surface area contributed by atoms with Crippen molar-refractivity contribution in [2.75, 3.05) is 18.6 Å². The first-order valence-electron chi connectivity index (χ1n) is 8.70.